The van der Waals surface area contributed by atoms with Crippen LogP contribution in [-0.2, 0) is 13.6 Å². The molecule has 0 radical (unpaired) electrons. The van der Waals surface area contributed by atoms with Crippen LogP contribution in [0, 0.1) is 5.82 Å². The summed E-state index contributed by atoms with van der Waals surface area (Å²) in [7, 11) is 3.41. The molecule has 0 saturated carbocycles. The van der Waals surface area contributed by atoms with Crippen molar-refractivity contribution in [2.45, 2.75) is 6.54 Å². The molecule has 2 heterocycles. The number of benzene rings is 2. The van der Waals surface area contributed by atoms with Crippen molar-refractivity contribution in [2.75, 3.05) is 12.4 Å². The first-order valence-electron chi connectivity index (χ1n) is 8.31. The van der Waals surface area contributed by atoms with Gasteiger partial charge >= 0.3 is 0 Å². The summed E-state index contributed by atoms with van der Waals surface area (Å²) in [6.07, 6.45) is 3.13. The van der Waals surface area contributed by atoms with Gasteiger partial charge in [-0.1, -0.05) is 12.1 Å². The van der Waals surface area contributed by atoms with Gasteiger partial charge in [-0.2, -0.15) is 5.10 Å². The summed E-state index contributed by atoms with van der Waals surface area (Å²) in [5, 5.41) is 8.30. The van der Waals surface area contributed by atoms with Crippen LogP contribution >= 0.6 is 0 Å². The lowest BCUT2D eigenvalue weighted by atomic mass is 10.0. The highest BCUT2D eigenvalue weighted by Crippen LogP contribution is 2.34. The summed E-state index contributed by atoms with van der Waals surface area (Å²) in [5.41, 5.74) is 2.45. The number of rotatable bonds is 5. The molecule has 1 N–H and O–H groups in total. The van der Waals surface area contributed by atoms with Crippen LogP contribution in [0.15, 0.2) is 49.1 Å². The van der Waals surface area contributed by atoms with E-state index in [-0.39, 0.29) is 5.82 Å². The number of methoxy groups -OCH3 is 1. The molecule has 0 unspecified atom stereocenters. The summed E-state index contributed by atoms with van der Waals surface area (Å²) >= 11 is 0. The lowest BCUT2D eigenvalue weighted by Crippen LogP contribution is -2.05. The highest BCUT2D eigenvalue weighted by atomic mass is 19.1. The Hall–Kier alpha value is -3.55. The number of nitrogens with zero attached hydrogens (tertiary/aromatic N) is 5. The molecule has 4 aromatic rings. The minimum Gasteiger partial charge on any atom is -0.494 e. The molecule has 0 aliphatic carbocycles. The van der Waals surface area contributed by atoms with E-state index in [0.29, 0.717) is 29.5 Å². The van der Waals surface area contributed by atoms with E-state index in [1.807, 2.05) is 19.2 Å². The van der Waals surface area contributed by atoms with Gasteiger partial charge in [-0.15, -0.1) is 0 Å². The van der Waals surface area contributed by atoms with Crippen LogP contribution in [0.1, 0.15) is 5.82 Å². The van der Waals surface area contributed by atoms with Crippen LogP contribution in [-0.4, -0.2) is 31.8 Å². The third-order valence-electron chi connectivity index (χ3n) is 4.16. The molecule has 2 aromatic carbocycles. The van der Waals surface area contributed by atoms with Gasteiger partial charge in [0.1, 0.15) is 35.6 Å². The fourth-order valence-electron chi connectivity index (χ4n) is 2.87. The maximum absolute atomic E-state index is 13.3. The molecule has 0 amide bonds. The quantitative estimate of drug-likeness (QED) is 0.586. The van der Waals surface area contributed by atoms with E-state index in [0.717, 1.165) is 16.5 Å². The molecule has 0 atom stereocenters. The summed E-state index contributed by atoms with van der Waals surface area (Å²) < 4.78 is 20.4. The highest BCUT2D eigenvalue weighted by molar-refractivity contribution is 5.96. The number of fused-ring (bicyclic) bond motifs is 1. The Morgan fingerprint density at radius 3 is 2.59 bits per heavy atom. The van der Waals surface area contributed by atoms with Gasteiger partial charge in [-0.05, 0) is 35.4 Å². The Bertz CT molecular complexity index is 1090. The Kier molecular flexibility index (Phi) is 4.37. The van der Waals surface area contributed by atoms with Crippen LogP contribution in [0.5, 0.6) is 5.75 Å². The van der Waals surface area contributed by atoms with Gasteiger partial charge < -0.3 is 10.1 Å². The molecule has 0 fully saturated rings. The molecule has 0 spiro atoms. The largest absolute Gasteiger partial charge is 0.494 e. The first-order chi connectivity index (χ1) is 13.1. The summed E-state index contributed by atoms with van der Waals surface area (Å²) in [5.74, 6) is 1.65. The topological polar surface area (TPSA) is 77.8 Å². The highest BCUT2D eigenvalue weighted by Gasteiger charge is 2.12. The third-order valence-corrected chi connectivity index (χ3v) is 4.16. The van der Waals surface area contributed by atoms with E-state index < -0.39 is 0 Å². The second-order valence-corrected chi connectivity index (χ2v) is 5.99. The fraction of sp³-hybridized carbons (Fsp3) is 0.158. The Morgan fingerprint density at radius 1 is 1.07 bits per heavy atom. The molecule has 8 heteroatoms. The number of aryl methyl sites for hydroxylation is 1. The third kappa shape index (κ3) is 3.41. The summed E-state index contributed by atoms with van der Waals surface area (Å²) in [6.45, 7) is 0.427. The van der Waals surface area contributed by atoms with Gasteiger partial charge in [0.2, 0.25) is 0 Å². The number of hydrogen-bond donors (Lipinski definition) is 1. The summed E-state index contributed by atoms with van der Waals surface area (Å²) in [4.78, 5) is 12.9. The maximum atomic E-state index is 13.3. The molecule has 0 aliphatic heterocycles. The van der Waals surface area contributed by atoms with Crippen molar-refractivity contribution in [1.29, 1.82) is 0 Å². The van der Waals surface area contributed by atoms with E-state index in [2.05, 4.69) is 25.4 Å². The second kappa shape index (κ2) is 6.99. The van der Waals surface area contributed by atoms with Crippen LogP contribution < -0.4 is 10.1 Å². The number of hydrogen-bond acceptors (Lipinski definition) is 6. The first kappa shape index (κ1) is 16.9. The monoisotopic (exact) mass is 364 g/mol. The molecule has 7 nitrogen and oxygen atoms in total. The molecular formula is C19H17FN6O. The van der Waals surface area contributed by atoms with Crippen molar-refractivity contribution in [1.82, 2.24) is 24.7 Å². The van der Waals surface area contributed by atoms with Crippen LogP contribution in [0.25, 0.3) is 22.0 Å². The normalized spacial score (nSPS) is 10.9. The van der Waals surface area contributed by atoms with Crippen LogP contribution in [0.2, 0.25) is 0 Å². The van der Waals surface area contributed by atoms with E-state index in [9.17, 15) is 4.39 Å². The number of aromatic nitrogens is 5. The summed E-state index contributed by atoms with van der Waals surface area (Å²) in [6, 6.07) is 10.2. The SMILES string of the molecule is COc1cc(-c2ccc(F)cc2)cc2c(NCc3ncn(C)n3)ncnc12. The molecule has 0 bridgehead atoms. The van der Waals surface area contributed by atoms with Crippen molar-refractivity contribution in [2.24, 2.45) is 7.05 Å². The molecular weight excluding hydrogens is 347 g/mol. The number of nitrogens with one attached hydrogen (secondary N) is 1. The van der Waals surface area contributed by atoms with Crippen molar-refractivity contribution >= 4 is 16.7 Å². The first-order valence-corrected chi connectivity index (χ1v) is 8.31. The minimum atomic E-state index is -0.278. The van der Waals surface area contributed by atoms with Crippen molar-refractivity contribution in [3.05, 3.63) is 60.7 Å². The van der Waals surface area contributed by atoms with E-state index in [4.69, 9.17) is 4.74 Å². The average molecular weight is 364 g/mol. The number of anilines is 1. The lowest BCUT2D eigenvalue weighted by Gasteiger charge is -2.12. The molecule has 2 aromatic heterocycles. The predicted molar refractivity (Wildman–Crippen MR) is 99.8 cm³/mol. The van der Waals surface area contributed by atoms with Crippen molar-refractivity contribution in [3.8, 4) is 16.9 Å². The number of ether oxygens (including phenoxy) is 1. The lowest BCUT2D eigenvalue weighted by molar-refractivity contribution is 0.419. The Balaban J connectivity index is 1.77. The van der Waals surface area contributed by atoms with E-state index in [1.165, 1.54) is 18.5 Å². The van der Waals surface area contributed by atoms with Gasteiger partial charge in [-0.3, -0.25) is 4.68 Å². The van der Waals surface area contributed by atoms with E-state index >= 15 is 0 Å². The second-order valence-electron chi connectivity index (χ2n) is 5.99. The van der Waals surface area contributed by atoms with Crippen LogP contribution in [0.3, 0.4) is 0 Å². The van der Waals surface area contributed by atoms with Gasteiger partial charge in [0.05, 0.1) is 13.7 Å². The zero-order valence-corrected chi connectivity index (χ0v) is 14.8. The van der Waals surface area contributed by atoms with Crippen LogP contribution in [0.4, 0.5) is 10.2 Å². The molecule has 0 saturated heterocycles. The smallest absolute Gasteiger partial charge is 0.169 e. The fourth-order valence-corrected chi connectivity index (χ4v) is 2.87. The molecule has 0 aliphatic rings. The van der Waals surface area contributed by atoms with Crippen molar-refractivity contribution < 1.29 is 9.13 Å². The molecule has 4 rings (SSSR count). The standard InChI is InChI=1S/C19H17FN6O/c1-26-11-24-17(25-26)9-21-19-15-7-13(12-3-5-14(20)6-4-12)8-16(27-2)18(15)22-10-23-19/h3-8,10-11H,9H2,1-2H3,(H,21,22,23). The average Bonchev–Trinajstić information content (AvgIpc) is 3.11. The van der Waals surface area contributed by atoms with E-state index in [1.54, 1.807) is 30.3 Å². The zero-order chi connectivity index (χ0) is 18.8. The zero-order valence-electron chi connectivity index (χ0n) is 14.8. The number of halogens is 1. The Morgan fingerprint density at radius 2 is 1.89 bits per heavy atom. The predicted octanol–water partition coefficient (Wildman–Crippen LogP) is 3.19. The van der Waals surface area contributed by atoms with Crippen molar-refractivity contribution in [3.63, 3.8) is 0 Å². The Labute approximate surface area is 154 Å². The van der Waals surface area contributed by atoms with Gasteiger partial charge in [0, 0.05) is 12.4 Å². The minimum absolute atomic E-state index is 0.278. The molecule has 27 heavy (non-hydrogen) atoms. The van der Waals surface area contributed by atoms with Gasteiger partial charge in [-0.25, -0.2) is 19.3 Å². The molecule has 136 valence electrons. The van der Waals surface area contributed by atoms with Gasteiger partial charge in [0.15, 0.2) is 5.82 Å². The van der Waals surface area contributed by atoms with Gasteiger partial charge in [0.25, 0.3) is 0 Å². The maximum Gasteiger partial charge on any atom is 0.169 e.